The zero-order chi connectivity index (χ0) is 15.6. The van der Waals surface area contributed by atoms with Crippen molar-refractivity contribution in [2.75, 3.05) is 13.6 Å². The lowest BCUT2D eigenvalue weighted by atomic mass is 10.2. The number of hydrogen-bond donors (Lipinski definition) is 1. The van der Waals surface area contributed by atoms with Crippen LogP contribution in [0.3, 0.4) is 0 Å². The smallest absolute Gasteiger partial charge is 0.251 e. The maximum Gasteiger partial charge on any atom is 0.251 e. The van der Waals surface area contributed by atoms with Gasteiger partial charge in [-0.25, -0.2) is 0 Å². The number of aliphatic hydroxyl groups is 1. The minimum absolute atomic E-state index is 0.172. The van der Waals surface area contributed by atoms with Gasteiger partial charge in [0, 0.05) is 20.5 Å². The molecule has 0 aliphatic rings. The topological polar surface area (TPSA) is 64.3 Å². The summed E-state index contributed by atoms with van der Waals surface area (Å²) in [4.78, 5) is 12.7. The molecule has 0 rings (SSSR count). The van der Waals surface area contributed by atoms with Crippen LogP contribution in [0.5, 0.6) is 0 Å². The van der Waals surface area contributed by atoms with Gasteiger partial charge in [0.15, 0.2) is 0 Å². The van der Waals surface area contributed by atoms with Crippen molar-refractivity contribution in [1.29, 1.82) is 5.26 Å². The molecule has 0 aliphatic heterocycles. The zero-order valence-electron chi connectivity index (χ0n) is 13.4. The second-order valence-corrected chi connectivity index (χ2v) is 2.88. The van der Waals surface area contributed by atoms with Crippen LogP contribution >= 0.6 is 0 Å². The summed E-state index contributed by atoms with van der Waals surface area (Å²) in [5, 5.41) is 16.5. The second-order valence-electron chi connectivity index (χ2n) is 2.88. The largest absolute Gasteiger partial charge is 0.383 e. The molecule has 18 heavy (non-hydrogen) atoms. The molecule has 0 radical (unpaired) electrons. The third kappa shape index (κ3) is 20.3. The Labute approximate surface area is 114 Å². The summed E-state index contributed by atoms with van der Waals surface area (Å²) >= 11 is 0. The van der Waals surface area contributed by atoms with Crippen molar-refractivity contribution in [3.05, 3.63) is 0 Å². The molecule has 1 amide bonds. The first-order valence-electron chi connectivity index (χ1n) is 6.78. The first-order valence-corrected chi connectivity index (χ1v) is 6.78. The van der Waals surface area contributed by atoms with Crippen molar-refractivity contribution in [3.63, 3.8) is 0 Å². The number of carbonyl (C=O) groups is 1. The molecule has 0 aliphatic carbocycles. The van der Waals surface area contributed by atoms with Gasteiger partial charge in [-0.3, -0.25) is 4.79 Å². The van der Waals surface area contributed by atoms with Crippen LogP contribution in [0.2, 0.25) is 0 Å². The van der Waals surface area contributed by atoms with Gasteiger partial charge in [0.25, 0.3) is 5.91 Å². The van der Waals surface area contributed by atoms with Crippen LogP contribution in [0.1, 0.15) is 61.3 Å². The van der Waals surface area contributed by atoms with Crippen molar-refractivity contribution < 1.29 is 9.90 Å². The lowest BCUT2D eigenvalue weighted by Gasteiger charge is -2.17. The van der Waals surface area contributed by atoms with Crippen LogP contribution in [0.4, 0.5) is 0 Å². The van der Waals surface area contributed by atoms with Crippen molar-refractivity contribution in [2.24, 2.45) is 0 Å². The molecule has 0 saturated carbocycles. The van der Waals surface area contributed by atoms with E-state index in [-0.39, 0.29) is 5.91 Å². The summed E-state index contributed by atoms with van der Waals surface area (Å²) < 4.78 is 0. The van der Waals surface area contributed by atoms with E-state index in [1.165, 1.54) is 11.8 Å². The highest BCUT2D eigenvalue weighted by atomic mass is 16.3. The Morgan fingerprint density at radius 3 is 1.83 bits per heavy atom. The summed E-state index contributed by atoms with van der Waals surface area (Å²) in [5.74, 6) is -0.172. The van der Waals surface area contributed by atoms with Gasteiger partial charge in [0.1, 0.15) is 6.10 Å². The van der Waals surface area contributed by atoms with Gasteiger partial charge in [0.2, 0.25) is 0 Å². The highest BCUT2D eigenvalue weighted by Gasteiger charge is 2.16. The van der Waals surface area contributed by atoms with Crippen LogP contribution in [0.15, 0.2) is 0 Å². The van der Waals surface area contributed by atoms with Crippen LogP contribution < -0.4 is 0 Å². The van der Waals surface area contributed by atoms with Gasteiger partial charge in [0.05, 0.1) is 6.07 Å². The third-order valence-corrected chi connectivity index (χ3v) is 1.70. The van der Waals surface area contributed by atoms with Crippen LogP contribution in [-0.4, -0.2) is 35.6 Å². The number of hydrogen-bond acceptors (Lipinski definition) is 3. The normalized spacial score (nSPS) is 8.89. The first kappa shape index (κ1) is 25.7. The number of nitriles is 1. The number of nitrogens with zero attached hydrogens (tertiary/aromatic N) is 2. The Balaban J connectivity index is -0.000000118. The average Bonchev–Trinajstić information content (AvgIpc) is 2.42. The van der Waals surface area contributed by atoms with E-state index in [2.05, 4.69) is 0 Å². The predicted octanol–water partition coefficient (Wildman–Crippen LogP) is 3.21. The molecule has 110 valence electrons. The number of rotatable bonds is 4. The third-order valence-electron chi connectivity index (χ3n) is 1.70. The van der Waals surface area contributed by atoms with Gasteiger partial charge < -0.3 is 10.0 Å². The van der Waals surface area contributed by atoms with Gasteiger partial charge >= 0.3 is 0 Å². The molecule has 0 fully saturated rings. The summed E-state index contributed by atoms with van der Waals surface area (Å²) in [7, 11) is 1.70. The van der Waals surface area contributed by atoms with Crippen LogP contribution in [0.25, 0.3) is 0 Å². The highest BCUT2D eigenvalue weighted by Crippen LogP contribution is 1.99. The number of aliphatic hydroxyl groups excluding tert-OH is 1. The fourth-order valence-electron chi connectivity index (χ4n) is 0.807. The Hall–Kier alpha value is -1.08. The van der Waals surface area contributed by atoms with Crippen molar-refractivity contribution in [2.45, 2.75) is 67.4 Å². The molecule has 0 spiro atoms. The maximum atomic E-state index is 11.1. The number of likely N-dealkylation sites (N-methyl/N-ethyl adjacent to an activating group) is 1. The molecule has 1 N–H and O–H groups in total. The molecule has 0 aromatic rings. The van der Waals surface area contributed by atoms with Crippen molar-refractivity contribution in [3.8, 4) is 6.07 Å². The molecule has 0 bridgehead atoms. The van der Waals surface area contributed by atoms with Gasteiger partial charge in [-0.15, -0.1) is 0 Å². The van der Waals surface area contributed by atoms with E-state index in [1.54, 1.807) is 13.1 Å². The molecule has 1 unspecified atom stereocenters. The Bertz CT molecular complexity index is 189. The molecule has 4 heteroatoms. The zero-order valence-corrected chi connectivity index (χ0v) is 13.4. The molecule has 0 aromatic carbocycles. The van der Waals surface area contributed by atoms with Crippen LogP contribution in [0, 0.1) is 11.3 Å². The maximum absolute atomic E-state index is 11.1. The second kappa shape index (κ2) is 24.9. The van der Waals surface area contributed by atoms with Crippen molar-refractivity contribution >= 4 is 5.91 Å². The number of carbonyl (C=O) groups excluding carboxylic acids is 1. The SMILES string of the molecule is CC.CC.CC#N.CCCC(O)C(=O)N(C)CC. The van der Waals surface area contributed by atoms with Crippen molar-refractivity contribution in [1.82, 2.24) is 4.90 Å². The van der Waals surface area contributed by atoms with Gasteiger partial charge in [-0.1, -0.05) is 41.0 Å². The Kier molecular flexibility index (Phi) is 35.6. The van der Waals surface area contributed by atoms with E-state index in [4.69, 9.17) is 5.26 Å². The quantitative estimate of drug-likeness (QED) is 0.844. The van der Waals surface area contributed by atoms with Crippen LogP contribution in [-0.2, 0) is 4.79 Å². The fourth-order valence-corrected chi connectivity index (χ4v) is 0.807. The minimum atomic E-state index is -0.801. The van der Waals surface area contributed by atoms with Gasteiger partial charge in [-0.2, -0.15) is 5.26 Å². The first-order chi connectivity index (χ1) is 8.54. The monoisotopic (exact) mass is 260 g/mol. The number of amides is 1. The van der Waals surface area contributed by atoms with E-state index in [0.29, 0.717) is 13.0 Å². The molecule has 0 aromatic heterocycles. The summed E-state index contributed by atoms with van der Waals surface area (Å²) in [6, 6.07) is 1.75. The van der Waals surface area contributed by atoms with E-state index in [0.717, 1.165) is 6.42 Å². The van der Waals surface area contributed by atoms with Gasteiger partial charge in [-0.05, 0) is 13.3 Å². The molecule has 1 atom stereocenters. The highest BCUT2D eigenvalue weighted by molar-refractivity contribution is 5.80. The predicted molar refractivity (Wildman–Crippen MR) is 78.2 cm³/mol. The van der Waals surface area contributed by atoms with E-state index < -0.39 is 6.10 Å². The lowest BCUT2D eigenvalue weighted by Crippen LogP contribution is -2.35. The molecule has 0 heterocycles. The fraction of sp³-hybridized carbons (Fsp3) is 0.857. The Morgan fingerprint density at radius 1 is 1.28 bits per heavy atom. The van der Waals surface area contributed by atoms with E-state index >= 15 is 0 Å². The molecular formula is C14H32N2O2. The molecule has 0 saturated heterocycles. The average molecular weight is 260 g/mol. The molecular weight excluding hydrogens is 228 g/mol. The minimum Gasteiger partial charge on any atom is -0.383 e. The summed E-state index contributed by atoms with van der Waals surface area (Å²) in [6.07, 6.45) is 0.595. The van der Waals surface area contributed by atoms with E-state index in [1.807, 2.05) is 41.5 Å². The lowest BCUT2D eigenvalue weighted by molar-refractivity contribution is -0.138. The standard InChI is InChI=1S/C8H17NO2.C2H3N.2C2H6/c1-4-6-7(10)8(11)9(3)5-2;1-2-3;2*1-2/h7,10H,4-6H2,1-3H3;1H3;2*1-2H3. The van der Waals surface area contributed by atoms with E-state index in [9.17, 15) is 9.90 Å². The Morgan fingerprint density at radius 2 is 1.61 bits per heavy atom. The summed E-state index contributed by atoms with van der Waals surface area (Å²) in [5.41, 5.74) is 0. The molecule has 4 nitrogen and oxygen atoms in total. The summed E-state index contributed by atoms with van der Waals surface area (Å²) in [6.45, 7) is 13.9.